The lowest BCUT2D eigenvalue weighted by molar-refractivity contribution is 0.406. The van der Waals surface area contributed by atoms with Gasteiger partial charge in [0.1, 0.15) is 11.6 Å². The molecule has 0 saturated heterocycles. The van der Waals surface area contributed by atoms with Crippen LogP contribution in [0.5, 0.6) is 0 Å². The van der Waals surface area contributed by atoms with Crippen molar-refractivity contribution in [2.45, 2.75) is 31.8 Å². The van der Waals surface area contributed by atoms with Crippen LogP contribution >= 0.6 is 0 Å². The van der Waals surface area contributed by atoms with E-state index in [4.69, 9.17) is 4.42 Å². The molecule has 1 unspecified atom stereocenters. The van der Waals surface area contributed by atoms with Crippen LogP contribution in [-0.4, -0.2) is 0 Å². The fourth-order valence-electron chi connectivity index (χ4n) is 2.63. The van der Waals surface area contributed by atoms with Gasteiger partial charge in [0, 0.05) is 36.2 Å². The predicted octanol–water partition coefficient (Wildman–Crippen LogP) is 3.86. The van der Waals surface area contributed by atoms with Crippen molar-refractivity contribution in [2.24, 2.45) is 0 Å². The Morgan fingerprint density at radius 1 is 1.15 bits per heavy atom. The average molecular weight is 281 g/mol. The third-order valence-electron chi connectivity index (χ3n) is 3.68. The number of hydrogen-bond acceptors (Lipinski definition) is 2. The Balaban J connectivity index is 1.74. The third kappa shape index (κ3) is 2.45. The molecule has 1 atom stereocenters. The first kappa shape index (κ1) is 13.2. The molecule has 1 N–H and O–H groups in total. The monoisotopic (exact) mass is 281 g/mol. The molecule has 3 rings (SSSR count). The first-order valence-electron chi connectivity index (χ1n) is 6.58. The first-order chi connectivity index (χ1) is 9.65. The molecule has 0 spiro atoms. The molecule has 0 radical (unpaired) electrons. The second kappa shape index (κ2) is 5.32. The van der Waals surface area contributed by atoms with Crippen LogP contribution in [0.1, 0.15) is 35.8 Å². The molecule has 1 aromatic heterocycles. The minimum absolute atomic E-state index is 0.0602. The Bertz CT molecular complexity index is 624. The number of halogens is 3. The molecule has 0 saturated carbocycles. The summed E-state index contributed by atoms with van der Waals surface area (Å²) in [6.07, 6.45) is 4.44. The average Bonchev–Trinajstić information content (AvgIpc) is 2.90. The van der Waals surface area contributed by atoms with Crippen molar-refractivity contribution in [3.63, 3.8) is 0 Å². The minimum atomic E-state index is -1.17. The molecule has 106 valence electrons. The fourth-order valence-corrected chi connectivity index (χ4v) is 2.63. The Labute approximate surface area is 114 Å². The highest BCUT2D eigenvalue weighted by Gasteiger charge is 2.22. The van der Waals surface area contributed by atoms with Crippen LogP contribution in [-0.2, 0) is 13.0 Å². The zero-order valence-electron chi connectivity index (χ0n) is 10.8. The Morgan fingerprint density at radius 2 is 1.95 bits per heavy atom. The summed E-state index contributed by atoms with van der Waals surface area (Å²) in [6.45, 7) is 0.151. The number of fused-ring (bicyclic) bond motifs is 1. The number of nitrogens with one attached hydrogen (secondary N) is 1. The zero-order valence-corrected chi connectivity index (χ0v) is 10.8. The van der Waals surface area contributed by atoms with Gasteiger partial charge in [-0.3, -0.25) is 0 Å². The number of hydrogen-bond donors (Lipinski definition) is 1. The summed E-state index contributed by atoms with van der Waals surface area (Å²) in [5, 5.41) is 3.18. The van der Waals surface area contributed by atoms with Crippen molar-refractivity contribution in [2.75, 3.05) is 0 Å². The summed E-state index contributed by atoms with van der Waals surface area (Å²) < 4.78 is 44.9. The number of aryl methyl sites for hydroxylation is 1. The molecule has 20 heavy (non-hydrogen) atoms. The molecule has 2 aromatic rings. The van der Waals surface area contributed by atoms with Crippen molar-refractivity contribution in [1.82, 2.24) is 5.32 Å². The summed E-state index contributed by atoms with van der Waals surface area (Å²) in [7, 11) is 0. The van der Waals surface area contributed by atoms with E-state index in [0.29, 0.717) is 6.07 Å². The van der Waals surface area contributed by atoms with Crippen molar-refractivity contribution in [3.8, 4) is 0 Å². The van der Waals surface area contributed by atoms with Gasteiger partial charge in [-0.05, 0) is 25.0 Å². The molecule has 0 bridgehead atoms. The van der Waals surface area contributed by atoms with Crippen molar-refractivity contribution < 1.29 is 17.6 Å². The lowest BCUT2D eigenvalue weighted by Crippen LogP contribution is -2.24. The Morgan fingerprint density at radius 3 is 2.80 bits per heavy atom. The van der Waals surface area contributed by atoms with E-state index >= 15 is 0 Å². The van der Waals surface area contributed by atoms with E-state index in [0.717, 1.165) is 36.7 Å². The van der Waals surface area contributed by atoms with Crippen LogP contribution in [0.3, 0.4) is 0 Å². The number of rotatable bonds is 3. The van der Waals surface area contributed by atoms with Crippen LogP contribution in [0.4, 0.5) is 13.2 Å². The minimum Gasteiger partial charge on any atom is -0.469 e. The van der Waals surface area contributed by atoms with Gasteiger partial charge in [0.2, 0.25) is 0 Å². The van der Waals surface area contributed by atoms with Gasteiger partial charge in [-0.15, -0.1) is 0 Å². The molecule has 5 heteroatoms. The van der Waals surface area contributed by atoms with E-state index in [2.05, 4.69) is 5.32 Å². The molecule has 1 aliphatic rings. The Kier molecular flexibility index (Phi) is 3.53. The molecule has 0 amide bonds. The number of benzene rings is 1. The lowest BCUT2D eigenvalue weighted by Gasteiger charge is -2.23. The maximum Gasteiger partial charge on any atom is 0.161 e. The maximum absolute atomic E-state index is 13.6. The lowest BCUT2D eigenvalue weighted by atomic mass is 9.93. The van der Waals surface area contributed by atoms with Gasteiger partial charge in [0.25, 0.3) is 0 Å². The topological polar surface area (TPSA) is 25.2 Å². The Hall–Kier alpha value is -1.75. The van der Waals surface area contributed by atoms with Crippen LogP contribution in [0.15, 0.2) is 28.9 Å². The van der Waals surface area contributed by atoms with Gasteiger partial charge < -0.3 is 9.73 Å². The molecule has 2 nitrogen and oxygen atoms in total. The second-order valence-electron chi connectivity index (χ2n) is 4.98. The van der Waals surface area contributed by atoms with Gasteiger partial charge in [-0.25, -0.2) is 13.2 Å². The highest BCUT2D eigenvalue weighted by atomic mass is 19.2. The molecular formula is C15H14F3NO. The van der Waals surface area contributed by atoms with E-state index in [1.807, 2.05) is 6.07 Å². The summed E-state index contributed by atoms with van der Waals surface area (Å²) in [5.41, 5.74) is 1.19. The first-order valence-corrected chi connectivity index (χ1v) is 6.58. The highest BCUT2D eigenvalue weighted by molar-refractivity contribution is 5.25. The molecule has 1 aromatic carbocycles. The van der Waals surface area contributed by atoms with Crippen LogP contribution in [0.25, 0.3) is 0 Å². The molecule has 0 fully saturated rings. The zero-order chi connectivity index (χ0) is 14.1. The summed E-state index contributed by atoms with van der Waals surface area (Å²) in [6, 6.07) is 3.44. The maximum atomic E-state index is 13.6. The molecule has 1 aliphatic carbocycles. The van der Waals surface area contributed by atoms with E-state index < -0.39 is 17.5 Å². The van der Waals surface area contributed by atoms with Gasteiger partial charge in [-0.2, -0.15) is 0 Å². The molecular weight excluding hydrogens is 267 g/mol. The van der Waals surface area contributed by atoms with E-state index in [9.17, 15) is 13.2 Å². The van der Waals surface area contributed by atoms with Gasteiger partial charge >= 0.3 is 0 Å². The van der Waals surface area contributed by atoms with Crippen LogP contribution in [0.2, 0.25) is 0 Å². The van der Waals surface area contributed by atoms with Gasteiger partial charge in [-0.1, -0.05) is 0 Å². The third-order valence-corrected chi connectivity index (χ3v) is 3.68. The molecule has 0 aliphatic heterocycles. The summed E-state index contributed by atoms with van der Waals surface area (Å²) in [5.74, 6) is -1.99. The predicted molar refractivity (Wildman–Crippen MR) is 67.5 cm³/mol. The van der Waals surface area contributed by atoms with Crippen molar-refractivity contribution >= 4 is 0 Å². The number of furan rings is 1. The normalized spacial score (nSPS) is 18.1. The van der Waals surface area contributed by atoms with Gasteiger partial charge in [0.05, 0.1) is 6.26 Å². The highest BCUT2D eigenvalue weighted by Crippen LogP contribution is 2.30. The van der Waals surface area contributed by atoms with E-state index in [1.165, 1.54) is 0 Å². The van der Waals surface area contributed by atoms with E-state index in [-0.39, 0.29) is 18.2 Å². The largest absolute Gasteiger partial charge is 0.469 e. The van der Waals surface area contributed by atoms with Crippen molar-refractivity contribution in [3.05, 3.63) is 58.8 Å². The van der Waals surface area contributed by atoms with E-state index in [1.54, 1.807) is 6.26 Å². The SMILES string of the molecule is Fc1cc(F)c(CNC2CCCc3occc32)cc1F. The quantitative estimate of drug-likeness (QED) is 0.864. The van der Waals surface area contributed by atoms with Gasteiger partial charge in [0.15, 0.2) is 11.6 Å². The van der Waals surface area contributed by atoms with Crippen molar-refractivity contribution in [1.29, 1.82) is 0 Å². The summed E-state index contributed by atoms with van der Waals surface area (Å²) >= 11 is 0. The van der Waals surface area contributed by atoms with Crippen LogP contribution in [0, 0.1) is 17.5 Å². The standard InChI is InChI=1S/C15H14F3NO/c16-11-7-13(18)12(17)6-9(11)8-19-14-2-1-3-15-10(14)4-5-20-15/h4-7,14,19H,1-3,8H2. The fraction of sp³-hybridized carbons (Fsp3) is 0.333. The molecule has 1 heterocycles. The summed E-state index contributed by atoms with van der Waals surface area (Å²) in [4.78, 5) is 0. The van der Waals surface area contributed by atoms with Crippen LogP contribution < -0.4 is 5.32 Å². The second-order valence-corrected chi connectivity index (χ2v) is 4.98. The smallest absolute Gasteiger partial charge is 0.161 e.